The molecule has 1 aromatic heterocycles. The Kier molecular flexibility index (Phi) is 4.30. The zero-order valence-electron chi connectivity index (χ0n) is 10.2. The second-order valence-corrected chi connectivity index (χ2v) is 4.26. The second kappa shape index (κ2) is 5.51. The van der Waals surface area contributed by atoms with E-state index in [9.17, 15) is 4.79 Å². The standard InChI is InChI=1S/C12H16N2O3/c1-8(5-13)6-14(3)7-10-4-9(2)11(17-10)12(15)16/h4,8H,6-7H2,1-3H3,(H,15,16). The fourth-order valence-electron chi connectivity index (χ4n) is 1.68. The summed E-state index contributed by atoms with van der Waals surface area (Å²) in [7, 11) is 1.87. The van der Waals surface area contributed by atoms with Crippen molar-refractivity contribution in [1.29, 1.82) is 5.26 Å². The minimum Gasteiger partial charge on any atom is -0.475 e. The van der Waals surface area contributed by atoms with E-state index >= 15 is 0 Å². The Morgan fingerprint density at radius 2 is 2.35 bits per heavy atom. The molecule has 5 heteroatoms. The molecule has 0 saturated carbocycles. The second-order valence-electron chi connectivity index (χ2n) is 4.26. The topological polar surface area (TPSA) is 77.5 Å². The van der Waals surface area contributed by atoms with E-state index in [1.807, 2.05) is 18.9 Å². The predicted molar refractivity (Wildman–Crippen MR) is 61.5 cm³/mol. The van der Waals surface area contributed by atoms with Crippen molar-refractivity contribution in [2.45, 2.75) is 20.4 Å². The maximum atomic E-state index is 10.8. The van der Waals surface area contributed by atoms with Crippen LogP contribution in [0.5, 0.6) is 0 Å². The van der Waals surface area contributed by atoms with Crippen LogP contribution in [0.1, 0.15) is 28.8 Å². The first-order valence-corrected chi connectivity index (χ1v) is 5.34. The van der Waals surface area contributed by atoms with Crippen molar-refractivity contribution in [3.63, 3.8) is 0 Å². The largest absolute Gasteiger partial charge is 0.475 e. The van der Waals surface area contributed by atoms with Crippen molar-refractivity contribution in [2.24, 2.45) is 5.92 Å². The van der Waals surface area contributed by atoms with Gasteiger partial charge in [-0.2, -0.15) is 5.26 Å². The maximum absolute atomic E-state index is 10.8. The van der Waals surface area contributed by atoms with Crippen LogP contribution in [0.2, 0.25) is 0 Å². The van der Waals surface area contributed by atoms with E-state index in [4.69, 9.17) is 14.8 Å². The molecule has 5 nitrogen and oxygen atoms in total. The number of nitrogens with zero attached hydrogens (tertiary/aromatic N) is 2. The summed E-state index contributed by atoms with van der Waals surface area (Å²) in [6.07, 6.45) is 0. The fourth-order valence-corrected chi connectivity index (χ4v) is 1.68. The molecule has 1 N–H and O–H groups in total. The highest BCUT2D eigenvalue weighted by Gasteiger charge is 2.15. The molecule has 0 aliphatic heterocycles. The number of aryl methyl sites for hydroxylation is 1. The highest BCUT2D eigenvalue weighted by molar-refractivity contribution is 5.86. The monoisotopic (exact) mass is 236 g/mol. The van der Waals surface area contributed by atoms with Crippen LogP contribution in [0.15, 0.2) is 10.5 Å². The molecule has 0 spiro atoms. The minimum absolute atomic E-state index is 0.0123. The molecule has 0 saturated heterocycles. The van der Waals surface area contributed by atoms with Gasteiger partial charge >= 0.3 is 5.97 Å². The van der Waals surface area contributed by atoms with E-state index in [0.29, 0.717) is 24.4 Å². The van der Waals surface area contributed by atoms with E-state index in [1.165, 1.54) is 0 Å². The van der Waals surface area contributed by atoms with E-state index in [-0.39, 0.29) is 11.7 Å². The summed E-state index contributed by atoms with van der Waals surface area (Å²) in [6.45, 7) is 4.67. The molecule has 0 aliphatic carbocycles. The molecule has 0 amide bonds. The van der Waals surface area contributed by atoms with Crippen molar-refractivity contribution in [1.82, 2.24) is 4.90 Å². The zero-order valence-corrected chi connectivity index (χ0v) is 10.2. The van der Waals surface area contributed by atoms with Crippen molar-refractivity contribution in [3.05, 3.63) is 23.2 Å². The molecule has 0 aromatic carbocycles. The lowest BCUT2D eigenvalue weighted by atomic mass is 10.2. The summed E-state index contributed by atoms with van der Waals surface area (Å²) < 4.78 is 5.24. The molecule has 1 unspecified atom stereocenters. The summed E-state index contributed by atoms with van der Waals surface area (Å²) in [5, 5.41) is 17.5. The van der Waals surface area contributed by atoms with Gasteiger partial charge in [-0.1, -0.05) is 0 Å². The number of carboxylic acid groups (broad SMARTS) is 1. The zero-order chi connectivity index (χ0) is 13.0. The van der Waals surface area contributed by atoms with Crippen LogP contribution < -0.4 is 0 Å². The summed E-state index contributed by atoms with van der Waals surface area (Å²) >= 11 is 0. The van der Waals surface area contributed by atoms with Crippen LogP contribution in [0.4, 0.5) is 0 Å². The number of hydrogen-bond donors (Lipinski definition) is 1. The molecule has 1 rings (SSSR count). The number of hydrogen-bond acceptors (Lipinski definition) is 4. The Morgan fingerprint density at radius 1 is 1.71 bits per heavy atom. The molecule has 1 heterocycles. The maximum Gasteiger partial charge on any atom is 0.372 e. The predicted octanol–water partition coefficient (Wildman–Crippen LogP) is 1.88. The number of aromatic carboxylic acids is 1. The summed E-state index contributed by atoms with van der Waals surface area (Å²) in [6, 6.07) is 3.87. The highest BCUT2D eigenvalue weighted by atomic mass is 16.4. The number of nitriles is 1. The Balaban J connectivity index is 2.66. The lowest BCUT2D eigenvalue weighted by Crippen LogP contribution is -2.23. The smallest absolute Gasteiger partial charge is 0.372 e. The average Bonchev–Trinajstić information content (AvgIpc) is 2.59. The molecule has 0 radical (unpaired) electrons. The van der Waals surface area contributed by atoms with Crippen LogP contribution in [0.3, 0.4) is 0 Å². The molecule has 0 bridgehead atoms. The third-order valence-electron chi connectivity index (χ3n) is 2.39. The van der Waals surface area contributed by atoms with Gasteiger partial charge in [0, 0.05) is 12.1 Å². The van der Waals surface area contributed by atoms with E-state index in [2.05, 4.69) is 6.07 Å². The van der Waals surface area contributed by atoms with Gasteiger partial charge in [0.25, 0.3) is 0 Å². The minimum atomic E-state index is -1.05. The van der Waals surface area contributed by atoms with Crippen LogP contribution in [0, 0.1) is 24.2 Å². The van der Waals surface area contributed by atoms with Gasteiger partial charge in [-0.3, -0.25) is 4.90 Å². The molecule has 1 atom stereocenters. The summed E-state index contributed by atoms with van der Waals surface area (Å²) in [5.41, 5.74) is 0.620. The first kappa shape index (κ1) is 13.3. The Morgan fingerprint density at radius 3 is 2.82 bits per heavy atom. The molecule has 1 aromatic rings. The quantitative estimate of drug-likeness (QED) is 0.844. The molecule has 0 fully saturated rings. The van der Waals surface area contributed by atoms with Gasteiger partial charge in [-0.05, 0) is 27.0 Å². The lowest BCUT2D eigenvalue weighted by Gasteiger charge is -2.15. The van der Waals surface area contributed by atoms with Gasteiger partial charge in [0.05, 0.1) is 18.5 Å². The van der Waals surface area contributed by atoms with Crippen LogP contribution in [-0.4, -0.2) is 29.6 Å². The first-order chi connectivity index (χ1) is 7.93. The summed E-state index contributed by atoms with van der Waals surface area (Å²) in [4.78, 5) is 12.7. The van der Waals surface area contributed by atoms with Crippen molar-refractivity contribution in [2.75, 3.05) is 13.6 Å². The third kappa shape index (κ3) is 3.61. The summed E-state index contributed by atoms with van der Waals surface area (Å²) in [5.74, 6) is -0.522. The first-order valence-electron chi connectivity index (χ1n) is 5.34. The molecule has 17 heavy (non-hydrogen) atoms. The molecular weight excluding hydrogens is 220 g/mol. The Bertz CT molecular complexity index is 445. The number of furan rings is 1. The van der Waals surface area contributed by atoms with Gasteiger partial charge in [0.15, 0.2) is 0 Å². The SMILES string of the molecule is Cc1cc(CN(C)CC(C)C#N)oc1C(=O)O. The van der Waals surface area contributed by atoms with Crippen LogP contribution in [0.25, 0.3) is 0 Å². The Labute approximate surface area is 100 Å². The lowest BCUT2D eigenvalue weighted by molar-refractivity contribution is 0.0657. The third-order valence-corrected chi connectivity index (χ3v) is 2.39. The molecule has 92 valence electrons. The van der Waals surface area contributed by atoms with Crippen molar-refractivity contribution >= 4 is 5.97 Å². The number of carbonyl (C=O) groups is 1. The average molecular weight is 236 g/mol. The van der Waals surface area contributed by atoms with Crippen molar-refractivity contribution in [3.8, 4) is 6.07 Å². The fraction of sp³-hybridized carbons (Fsp3) is 0.500. The van der Waals surface area contributed by atoms with E-state index in [1.54, 1.807) is 13.0 Å². The van der Waals surface area contributed by atoms with Crippen LogP contribution >= 0.6 is 0 Å². The van der Waals surface area contributed by atoms with E-state index in [0.717, 1.165) is 0 Å². The molecule has 0 aliphatic rings. The normalized spacial score (nSPS) is 12.4. The van der Waals surface area contributed by atoms with Gasteiger partial charge in [0.1, 0.15) is 5.76 Å². The van der Waals surface area contributed by atoms with Gasteiger partial charge in [-0.25, -0.2) is 4.79 Å². The van der Waals surface area contributed by atoms with Gasteiger partial charge in [0.2, 0.25) is 5.76 Å². The number of carboxylic acids is 1. The van der Waals surface area contributed by atoms with Crippen molar-refractivity contribution < 1.29 is 14.3 Å². The van der Waals surface area contributed by atoms with E-state index < -0.39 is 5.97 Å². The van der Waals surface area contributed by atoms with Gasteiger partial charge < -0.3 is 9.52 Å². The Hall–Kier alpha value is -1.80. The van der Waals surface area contributed by atoms with Gasteiger partial charge in [-0.15, -0.1) is 0 Å². The molecular formula is C12H16N2O3. The highest BCUT2D eigenvalue weighted by Crippen LogP contribution is 2.16. The van der Waals surface area contributed by atoms with Crippen LogP contribution in [-0.2, 0) is 6.54 Å². The number of rotatable bonds is 5.